The van der Waals surface area contributed by atoms with Gasteiger partial charge in [0, 0.05) is 13.1 Å². The molecule has 20 heavy (non-hydrogen) atoms. The standard InChI is InChI=1S/C14H17N3O3/c1-9-16-13(15-2)7-14(17-9)20-11-5-4-10(8-18)6-12(11)19-3/h4-7,18H,8H2,1-3H3,(H,15,16,17). The zero-order chi connectivity index (χ0) is 14.5. The highest BCUT2D eigenvalue weighted by Crippen LogP contribution is 2.32. The van der Waals surface area contributed by atoms with Crippen LogP contribution in [0, 0.1) is 6.92 Å². The van der Waals surface area contributed by atoms with Crippen LogP contribution in [0.1, 0.15) is 11.4 Å². The first kappa shape index (κ1) is 14.1. The highest BCUT2D eigenvalue weighted by molar-refractivity contribution is 5.46. The second kappa shape index (κ2) is 6.21. The summed E-state index contributed by atoms with van der Waals surface area (Å²) < 4.78 is 11.0. The molecule has 0 saturated carbocycles. The first-order chi connectivity index (χ1) is 9.66. The summed E-state index contributed by atoms with van der Waals surface area (Å²) in [7, 11) is 3.33. The Morgan fingerprint density at radius 3 is 2.65 bits per heavy atom. The number of ether oxygens (including phenoxy) is 2. The smallest absolute Gasteiger partial charge is 0.224 e. The van der Waals surface area contributed by atoms with Gasteiger partial charge in [0.25, 0.3) is 0 Å². The van der Waals surface area contributed by atoms with Crippen molar-refractivity contribution in [3.8, 4) is 17.4 Å². The molecule has 1 aromatic carbocycles. The molecule has 0 bridgehead atoms. The molecule has 0 saturated heterocycles. The Bertz CT molecular complexity index is 602. The zero-order valence-corrected chi connectivity index (χ0v) is 11.7. The summed E-state index contributed by atoms with van der Waals surface area (Å²) in [6, 6.07) is 6.93. The van der Waals surface area contributed by atoms with Crippen molar-refractivity contribution >= 4 is 5.82 Å². The van der Waals surface area contributed by atoms with Gasteiger partial charge >= 0.3 is 0 Å². The maximum atomic E-state index is 9.12. The van der Waals surface area contributed by atoms with Crippen molar-refractivity contribution in [1.82, 2.24) is 9.97 Å². The van der Waals surface area contributed by atoms with Crippen LogP contribution < -0.4 is 14.8 Å². The lowest BCUT2D eigenvalue weighted by molar-refractivity contribution is 0.280. The maximum absolute atomic E-state index is 9.12. The topological polar surface area (TPSA) is 76.5 Å². The number of hydrogen-bond donors (Lipinski definition) is 2. The summed E-state index contributed by atoms with van der Waals surface area (Å²) in [5.74, 6) is 2.79. The number of nitrogens with one attached hydrogen (secondary N) is 1. The number of benzene rings is 1. The molecule has 0 fully saturated rings. The van der Waals surface area contributed by atoms with E-state index in [1.165, 1.54) is 0 Å². The van der Waals surface area contributed by atoms with E-state index in [-0.39, 0.29) is 6.61 Å². The molecule has 1 aromatic heterocycles. The predicted molar refractivity (Wildman–Crippen MR) is 75.3 cm³/mol. The van der Waals surface area contributed by atoms with Gasteiger partial charge in [-0.2, -0.15) is 4.98 Å². The van der Waals surface area contributed by atoms with Gasteiger partial charge in [-0.05, 0) is 24.6 Å². The molecule has 6 heteroatoms. The molecule has 0 aliphatic heterocycles. The minimum Gasteiger partial charge on any atom is -0.493 e. The summed E-state index contributed by atoms with van der Waals surface area (Å²) in [6.07, 6.45) is 0. The molecule has 2 rings (SSSR count). The highest BCUT2D eigenvalue weighted by atomic mass is 16.5. The number of aryl methyl sites for hydroxylation is 1. The third-order valence-corrected chi connectivity index (χ3v) is 2.70. The Labute approximate surface area is 117 Å². The fourth-order valence-electron chi connectivity index (χ4n) is 1.73. The third kappa shape index (κ3) is 3.16. The third-order valence-electron chi connectivity index (χ3n) is 2.70. The van der Waals surface area contributed by atoms with Crippen LogP contribution in [0.5, 0.6) is 17.4 Å². The second-order valence-electron chi connectivity index (χ2n) is 4.13. The van der Waals surface area contributed by atoms with Crippen LogP contribution >= 0.6 is 0 Å². The van der Waals surface area contributed by atoms with Gasteiger partial charge in [-0.3, -0.25) is 0 Å². The molecule has 0 atom stereocenters. The summed E-state index contributed by atoms with van der Waals surface area (Å²) in [6.45, 7) is 1.74. The number of nitrogens with zero attached hydrogens (tertiary/aromatic N) is 2. The van der Waals surface area contributed by atoms with Gasteiger partial charge in [0.15, 0.2) is 11.5 Å². The Morgan fingerprint density at radius 2 is 2.00 bits per heavy atom. The second-order valence-corrected chi connectivity index (χ2v) is 4.13. The van der Waals surface area contributed by atoms with Crippen molar-refractivity contribution in [2.24, 2.45) is 0 Å². The number of methoxy groups -OCH3 is 1. The Kier molecular flexibility index (Phi) is 4.37. The molecule has 1 heterocycles. The van der Waals surface area contributed by atoms with Crippen molar-refractivity contribution in [2.45, 2.75) is 13.5 Å². The Morgan fingerprint density at radius 1 is 1.20 bits per heavy atom. The maximum Gasteiger partial charge on any atom is 0.224 e. The molecular weight excluding hydrogens is 258 g/mol. The number of anilines is 1. The van der Waals surface area contributed by atoms with Crippen molar-refractivity contribution in [1.29, 1.82) is 0 Å². The largest absolute Gasteiger partial charge is 0.493 e. The average molecular weight is 275 g/mol. The van der Waals surface area contributed by atoms with Crippen molar-refractivity contribution in [3.05, 3.63) is 35.7 Å². The van der Waals surface area contributed by atoms with Crippen LogP contribution in [0.4, 0.5) is 5.82 Å². The molecule has 0 aliphatic rings. The highest BCUT2D eigenvalue weighted by Gasteiger charge is 2.09. The first-order valence-electron chi connectivity index (χ1n) is 6.15. The van der Waals surface area contributed by atoms with Crippen LogP contribution in [0.3, 0.4) is 0 Å². The van der Waals surface area contributed by atoms with Gasteiger partial charge in [0.1, 0.15) is 11.6 Å². The van der Waals surface area contributed by atoms with Crippen molar-refractivity contribution in [3.63, 3.8) is 0 Å². The monoisotopic (exact) mass is 275 g/mol. The van der Waals surface area contributed by atoms with Crippen LogP contribution in [-0.2, 0) is 6.61 Å². The molecule has 0 aliphatic carbocycles. The van der Waals surface area contributed by atoms with E-state index < -0.39 is 0 Å². The molecule has 0 unspecified atom stereocenters. The molecule has 2 aromatic rings. The molecule has 0 spiro atoms. The first-order valence-corrected chi connectivity index (χ1v) is 6.15. The number of hydrogen-bond acceptors (Lipinski definition) is 6. The summed E-state index contributed by atoms with van der Waals surface area (Å²) in [4.78, 5) is 8.41. The van der Waals surface area contributed by atoms with E-state index in [1.54, 1.807) is 45.3 Å². The lowest BCUT2D eigenvalue weighted by atomic mass is 10.2. The quantitative estimate of drug-likeness (QED) is 0.870. The molecule has 106 valence electrons. The number of rotatable bonds is 5. The van der Waals surface area contributed by atoms with E-state index in [1.807, 2.05) is 0 Å². The van der Waals surface area contributed by atoms with Crippen LogP contribution in [0.15, 0.2) is 24.3 Å². The van der Waals surface area contributed by atoms with Gasteiger partial charge in [-0.15, -0.1) is 0 Å². The lowest BCUT2D eigenvalue weighted by Crippen LogP contribution is -1.99. The molecule has 0 radical (unpaired) electrons. The van der Waals surface area contributed by atoms with Gasteiger partial charge in [-0.25, -0.2) is 4.98 Å². The minimum atomic E-state index is -0.0485. The van der Waals surface area contributed by atoms with E-state index >= 15 is 0 Å². The Hall–Kier alpha value is -2.34. The van der Waals surface area contributed by atoms with Gasteiger partial charge in [0.05, 0.1) is 13.7 Å². The molecule has 2 N–H and O–H groups in total. The van der Waals surface area contributed by atoms with Gasteiger partial charge in [-0.1, -0.05) is 6.07 Å². The molecular formula is C14H17N3O3. The van der Waals surface area contributed by atoms with Crippen LogP contribution in [-0.4, -0.2) is 29.2 Å². The van der Waals surface area contributed by atoms with Crippen molar-refractivity contribution in [2.75, 3.05) is 19.5 Å². The average Bonchev–Trinajstić information content (AvgIpc) is 2.47. The minimum absolute atomic E-state index is 0.0485. The van der Waals surface area contributed by atoms with Crippen LogP contribution in [0.25, 0.3) is 0 Å². The van der Waals surface area contributed by atoms with E-state index in [0.717, 1.165) is 5.56 Å². The molecule has 0 amide bonds. The van der Waals surface area contributed by atoms with E-state index in [9.17, 15) is 0 Å². The number of aliphatic hydroxyl groups excluding tert-OH is 1. The van der Waals surface area contributed by atoms with E-state index in [0.29, 0.717) is 29.0 Å². The Balaban J connectivity index is 2.31. The van der Waals surface area contributed by atoms with Crippen molar-refractivity contribution < 1.29 is 14.6 Å². The van der Waals surface area contributed by atoms with Gasteiger partial charge in [0.2, 0.25) is 5.88 Å². The summed E-state index contributed by atoms with van der Waals surface area (Å²) >= 11 is 0. The fraction of sp³-hybridized carbons (Fsp3) is 0.286. The van der Waals surface area contributed by atoms with E-state index in [4.69, 9.17) is 14.6 Å². The van der Waals surface area contributed by atoms with Crippen LogP contribution in [0.2, 0.25) is 0 Å². The predicted octanol–water partition coefficient (Wildman–Crippen LogP) is 2.12. The SMILES string of the molecule is CNc1cc(Oc2ccc(CO)cc2OC)nc(C)n1. The normalized spacial score (nSPS) is 10.2. The fourth-order valence-corrected chi connectivity index (χ4v) is 1.73. The number of aliphatic hydroxyl groups is 1. The van der Waals surface area contributed by atoms with Gasteiger partial charge < -0.3 is 19.9 Å². The van der Waals surface area contributed by atoms with E-state index in [2.05, 4.69) is 15.3 Å². The number of aromatic nitrogens is 2. The zero-order valence-electron chi connectivity index (χ0n) is 11.7. The summed E-state index contributed by atoms with van der Waals surface area (Å²) in [5.41, 5.74) is 0.754. The lowest BCUT2D eigenvalue weighted by Gasteiger charge is -2.11. The summed E-state index contributed by atoms with van der Waals surface area (Å²) in [5, 5.41) is 12.1. The molecule has 6 nitrogen and oxygen atoms in total.